The summed E-state index contributed by atoms with van der Waals surface area (Å²) in [5.74, 6) is 1.18. The lowest BCUT2D eigenvalue weighted by molar-refractivity contribution is -0.0756. The number of amides is 2. The smallest absolute Gasteiger partial charge is 0.322 e. The van der Waals surface area contributed by atoms with E-state index in [-0.39, 0.29) is 11.6 Å². The molecule has 0 spiro atoms. The molecule has 1 N–H and O–H groups in total. The molecule has 2 heterocycles. The highest BCUT2D eigenvalue weighted by Crippen LogP contribution is 2.53. The van der Waals surface area contributed by atoms with Crippen LogP contribution >= 0.6 is 0 Å². The zero-order valence-electron chi connectivity index (χ0n) is 15.4. The van der Waals surface area contributed by atoms with Gasteiger partial charge in [-0.1, -0.05) is 43.2 Å². The van der Waals surface area contributed by atoms with Crippen LogP contribution in [0.25, 0.3) is 0 Å². The van der Waals surface area contributed by atoms with Crippen molar-refractivity contribution in [1.29, 1.82) is 0 Å². The highest BCUT2D eigenvalue weighted by Gasteiger charge is 2.57. The molecule has 0 bridgehead atoms. The van der Waals surface area contributed by atoms with Gasteiger partial charge in [0.05, 0.1) is 23.6 Å². The molecule has 0 unspecified atom stereocenters. The molecule has 1 aliphatic heterocycles. The molecule has 136 valence electrons. The van der Waals surface area contributed by atoms with Crippen LogP contribution in [0.1, 0.15) is 31.2 Å². The van der Waals surface area contributed by atoms with Crippen molar-refractivity contribution in [1.82, 2.24) is 14.9 Å². The summed E-state index contributed by atoms with van der Waals surface area (Å²) in [7, 11) is 3.78. The summed E-state index contributed by atoms with van der Waals surface area (Å²) in [5.41, 5.74) is 1.72. The largest absolute Gasteiger partial charge is 0.347 e. The van der Waals surface area contributed by atoms with Gasteiger partial charge in [0.25, 0.3) is 0 Å². The predicted molar refractivity (Wildman–Crippen MR) is 102 cm³/mol. The Morgan fingerprint density at radius 1 is 1.19 bits per heavy atom. The lowest BCUT2D eigenvalue weighted by Crippen LogP contribution is -2.68. The van der Waals surface area contributed by atoms with Gasteiger partial charge < -0.3 is 15.1 Å². The van der Waals surface area contributed by atoms with E-state index in [9.17, 15) is 4.79 Å². The van der Waals surface area contributed by atoms with Gasteiger partial charge in [-0.25, -0.2) is 14.8 Å². The summed E-state index contributed by atoms with van der Waals surface area (Å²) in [6.45, 7) is 0.817. The van der Waals surface area contributed by atoms with Crippen LogP contribution in [0.2, 0.25) is 0 Å². The van der Waals surface area contributed by atoms with Crippen molar-refractivity contribution >= 4 is 17.7 Å². The Labute approximate surface area is 154 Å². The van der Waals surface area contributed by atoms with Gasteiger partial charge in [-0.3, -0.25) is 0 Å². The quantitative estimate of drug-likeness (QED) is 0.920. The SMILES string of the molecule is CN(C)c1ncc(NC(=O)N2C[C@H]3CCCC[C@@]32c2ccccc2)cn1. The van der Waals surface area contributed by atoms with Crippen LogP contribution in [0.5, 0.6) is 0 Å². The van der Waals surface area contributed by atoms with E-state index < -0.39 is 0 Å². The molecule has 0 radical (unpaired) electrons. The van der Waals surface area contributed by atoms with Gasteiger partial charge in [0.2, 0.25) is 5.95 Å². The van der Waals surface area contributed by atoms with Crippen LogP contribution in [0.15, 0.2) is 42.7 Å². The Balaban J connectivity index is 1.55. The molecule has 1 aromatic heterocycles. The third kappa shape index (κ3) is 2.69. The average molecular weight is 351 g/mol. The van der Waals surface area contributed by atoms with E-state index in [4.69, 9.17) is 0 Å². The maximum atomic E-state index is 13.0. The van der Waals surface area contributed by atoms with Gasteiger partial charge in [0.15, 0.2) is 0 Å². The van der Waals surface area contributed by atoms with Gasteiger partial charge in [-0.2, -0.15) is 0 Å². The van der Waals surface area contributed by atoms with Gasteiger partial charge in [0, 0.05) is 26.6 Å². The number of carbonyl (C=O) groups excluding carboxylic acids is 1. The molecule has 2 aromatic rings. The maximum absolute atomic E-state index is 13.0. The molecule has 2 atom stereocenters. The van der Waals surface area contributed by atoms with E-state index in [1.165, 1.54) is 18.4 Å². The van der Waals surface area contributed by atoms with Crippen LogP contribution in [0, 0.1) is 5.92 Å². The minimum atomic E-state index is -0.159. The number of benzene rings is 1. The van der Waals surface area contributed by atoms with Crippen LogP contribution in [-0.2, 0) is 5.54 Å². The number of likely N-dealkylation sites (tertiary alicyclic amines) is 1. The highest BCUT2D eigenvalue weighted by molar-refractivity contribution is 5.90. The van der Waals surface area contributed by atoms with Crippen molar-refractivity contribution in [3.63, 3.8) is 0 Å². The number of anilines is 2. The third-order valence-corrected chi connectivity index (χ3v) is 5.73. The fourth-order valence-electron chi connectivity index (χ4n) is 4.43. The van der Waals surface area contributed by atoms with Crippen molar-refractivity contribution in [2.45, 2.75) is 31.2 Å². The van der Waals surface area contributed by atoms with Crippen LogP contribution in [-0.4, -0.2) is 41.5 Å². The Morgan fingerprint density at radius 3 is 2.58 bits per heavy atom. The molecule has 1 aliphatic carbocycles. The molecule has 2 aliphatic rings. The van der Waals surface area contributed by atoms with E-state index in [2.05, 4.69) is 39.6 Å². The summed E-state index contributed by atoms with van der Waals surface area (Å²) >= 11 is 0. The fourth-order valence-corrected chi connectivity index (χ4v) is 4.43. The maximum Gasteiger partial charge on any atom is 0.322 e. The number of nitrogens with one attached hydrogen (secondary N) is 1. The first kappa shape index (κ1) is 16.8. The summed E-state index contributed by atoms with van der Waals surface area (Å²) in [5, 5.41) is 2.98. The molecular weight excluding hydrogens is 326 g/mol. The third-order valence-electron chi connectivity index (χ3n) is 5.73. The van der Waals surface area contributed by atoms with Gasteiger partial charge in [-0.15, -0.1) is 0 Å². The molecule has 6 nitrogen and oxygen atoms in total. The summed E-state index contributed by atoms with van der Waals surface area (Å²) < 4.78 is 0. The zero-order valence-corrected chi connectivity index (χ0v) is 15.4. The molecule has 6 heteroatoms. The van der Waals surface area contributed by atoms with Gasteiger partial charge in [0.1, 0.15) is 0 Å². The van der Waals surface area contributed by atoms with E-state index >= 15 is 0 Å². The number of hydrogen-bond acceptors (Lipinski definition) is 4. The van der Waals surface area contributed by atoms with Crippen molar-refractivity contribution in [3.05, 3.63) is 48.3 Å². The minimum absolute atomic E-state index is 0.0618. The first-order chi connectivity index (χ1) is 12.6. The number of nitrogens with zero attached hydrogens (tertiary/aromatic N) is 4. The van der Waals surface area contributed by atoms with Crippen LogP contribution in [0.4, 0.5) is 16.4 Å². The molecule has 1 saturated heterocycles. The molecular formula is C20H25N5O. The Kier molecular flexibility index (Phi) is 4.26. The summed E-state index contributed by atoms with van der Waals surface area (Å²) in [6.07, 6.45) is 7.97. The molecule has 2 fully saturated rings. The number of hydrogen-bond donors (Lipinski definition) is 1. The molecule has 26 heavy (non-hydrogen) atoms. The normalized spacial score (nSPS) is 24.4. The second kappa shape index (κ2) is 6.59. The fraction of sp³-hybridized carbons (Fsp3) is 0.450. The van der Waals surface area contributed by atoms with E-state index in [1.54, 1.807) is 12.4 Å². The second-order valence-corrected chi connectivity index (χ2v) is 7.44. The first-order valence-electron chi connectivity index (χ1n) is 9.25. The van der Waals surface area contributed by atoms with Crippen molar-refractivity contribution in [3.8, 4) is 0 Å². The second-order valence-electron chi connectivity index (χ2n) is 7.44. The number of aromatic nitrogens is 2. The van der Waals surface area contributed by atoms with Gasteiger partial charge >= 0.3 is 6.03 Å². The van der Waals surface area contributed by atoms with Crippen molar-refractivity contribution in [2.24, 2.45) is 5.92 Å². The summed E-state index contributed by atoms with van der Waals surface area (Å²) in [4.78, 5) is 25.4. The lowest BCUT2D eigenvalue weighted by atomic mass is 9.62. The molecule has 2 amide bonds. The van der Waals surface area contributed by atoms with Crippen LogP contribution in [0.3, 0.4) is 0 Å². The molecule has 4 rings (SSSR count). The predicted octanol–water partition coefficient (Wildman–Crippen LogP) is 3.48. The monoisotopic (exact) mass is 351 g/mol. The topological polar surface area (TPSA) is 61.4 Å². The van der Waals surface area contributed by atoms with E-state index in [1.807, 2.05) is 30.0 Å². The first-order valence-corrected chi connectivity index (χ1v) is 9.25. The Hall–Kier alpha value is -2.63. The average Bonchev–Trinajstić information content (AvgIpc) is 2.64. The van der Waals surface area contributed by atoms with Crippen molar-refractivity contribution in [2.75, 3.05) is 30.9 Å². The molecule has 1 aromatic carbocycles. The number of rotatable bonds is 3. The number of carbonyl (C=O) groups is 1. The number of fused-ring (bicyclic) bond motifs is 1. The summed E-state index contributed by atoms with van der Waals surface area (Å²) in [6, 6.07) is 10.4. The Morgan fingerprint density at radius 2 is 1.92 bits per heavy atom. The zero-order chi connectivity index (χ0) is 18.1. The lowest BCUT2D eigenvalue weighted by Gasteiger charge is -2.61. The van der Waals surface area contributed by atoms with E-state index in [0.717, 1.165) is 19.4 Å². The van der Waals surface area contributed by atoms with Gasteiger partial charge in [-0.05, 0) is 18.4 Å². The number of urea groups is 1. The van der Waals surface area contributed by atoms with Crippen molar-refractivity contribution < 1.29 is 4.79 Å². The highest BCUT2D eigenvalue weighted by atomic mass is 16.2. The standard InChI is InChI=1S/C20H25N5O/c1-24(2)18-21-12-17(13-22-18)23-19(26)25-14-16-10-6-7-11-20(16,25)15-8-4-3-5-9-15/h3-5,8-9,12-13,16H,6-7,10-11,14H2,1-2H3,(H,23,26)/t16-,20-/m1/s1. The molecule has 1 saturated carbocycles. The minimum Gasteiger partial charge on any atom is -0.347 e. The Bertz CT molecular complexity index is 777. The van der Waals surface area contributed by atoms with E-state index in [0.29, 0.717) is 17.6 Å². The van der Waals surface area contributed by atoms with Crippen LogP contribution < -0.4 is 10.2 Å².